The number of likely N-dealkylation sites (tertiary alicyclic amines) is 1. The second-order valence-corrected chi connectivity index (χ2v) is 8.81. The van der Waals surface area contributed by atoms with E-state index < -0.39 is 5.60 Å². The van der Waals surface area contributed by atoms with E-state index >= 15 is 0 Å². The molecule has 8 heteroatoms. The van der Waals surface area contributed by atoms with Crippen molar-refractivity contribution < 1.29 is 9.53 Å². The van der Waals surface area contributed by atoms with Crippen LogP contribution < -0.4 is 11.0 Å². The molecule has 0 aliphatic carbocycles. The van der Waals surface area contributed by atoms with E-state index in [0.717, 1.165) is 31.8 Å². The number of piperazine rings is 1. The molecule has 1 aromatic rings. The van der Waals surface area contributed by atoms with Crippen molar-refractivity contribution in [3.63, 3.8) is 0 Å². The van der Waals surface area contributed by atoms with Crippen molar-refractivity contribution in [2.45, 2.75) is 57.3 Å². The minimum Gasteiger partial charge on any atom is -0.444 e. The molecule has 3 aliphatic rings. The number of hydrazine groups is 2. The topological polar surface area (TPSA) is 72.4 Å². The zero-order valence-electron chi connectivity index (χ0n) is 17.1. The highest BCUT2D eigenvalue weighted by molar-refractivity contribution is 5.88. The Bertz CT molecular complexity index is 733. The van der Waals surface area contributed by atoms with Gasteiger partial charge in [-0.1, -0.05) is 30.3 Å². The Morgan fingerprint density at radius 1 is 1.18 bits per heavy atom. The summed E-state index contributed by atoms with van der Waals surface area (Å²) in [6.07, 6.45) is 1.84. The summed E-state index contributed by atoms with van der Waals surface area (Å²) in [6.45, 7) is 7.37. The van der Waals surface area contributed by atoms with Crippen LogP contribution in [-0.4, -0.2) is 64.7 Å². The highest BCUT2D eigenvalue weighted by Crippen LogP contribution is 2.36. The van der Waals surface area contributed by atoms with Crippen molar-refractivity contribution in [1.29, 1.82) is 0 Å². The van der Waals surface area contributed by atoms with Gasteiger partial charge in [0.25, 0.3) is 0 Å². The van der Waals surface area contributed by atoms with Crippen molar-refractivity contribution in [2.24, 2.45) is 5.10 Å². The fourth-order valence-electron chi connectivity index (χ4n) is 4.41. The maximum atomic E-state index is 12.8. The maximum Gasteiger partial charge on any atom is 0.410 e. The number of fused-ring (bicyclic) bond motifs is 2. The Morgan fingerprint density at radius 3 is 2.36 bits per heavy atom. The normalized spacial score (nSPS) is 26.4. The Labute approximate surface area is 166 Å². The fraction of sp³-hybridized carbons (Fsp3) is 0.600. The van der Waals surface area contributed by atoms with E-state index in [2.05, 4.69) is 45.2 Å². The third-order valence-electron chi connectivity index (χ3n) is 5.46. The molecule has 2 N–H and O–H groups in total. The summed E-state index contributed by atoms with van der Waals surface area (Å²) >= 11 is 0. The molecule has 2 fully saturated rings. The van der Waals surface area contributed by atoms with Gasteiger partial charge in [0.1, 0.15) is 5.60 Å². The number of hydrogen-bond acceptors (Lipinski definition) is 7. The summed E-state index contributed by atoms with van der Waals surface area (Å²) in [4.78, 5) is 17.2. The molecule has 0 radical (unpaired) electrons. The monoisotopic (exact) mass is 386 g/mol. The van der Waals surface area contributed by atoms with Gasteiger partial charge < -0.3 is 4.74 Å². The van der Waals surface area contributed by atoms with Crippen LogP contribution in [0, 0.1) is 0 Å². The van der Waals surface area contributed by atoms with Gasteiger partial charge in [-0.05, 0) is 39.2 Å². The van der Waals surface area contributed by atoms with E-state index in [-0.39, 0.29) is 24.2 Å². The molecule has 1 aromatic carbocycles. The van der Waals surface area contributed by atoms with E-state index in [1.807, 2.05) is 38.8 Å². The molecule has 4 rings (SSSR count). The number of ether oxygens (including phenoxy) is 1. The molecule has 3 unspecified atom stereocenters. The zero-order valence-corrected chi connectivity index (χ0v) is 17.1. The van der Waals surface area contributed by atoms with Crippen LogP contribution >= 0.6 is 0 Å². The number of amides is 1. The third kappa shape index (κ3) is 3.79. The van der Waals surface area contributed by atoms with Gasteiger partial charge >= 0.3 is 6.09 Å². The number of nitrogens with zero attached hydrogens (tertiary/aromatic N) is 4. The van der Waals surface area contributed by atoms with Gasteiger partial charge in [0.05, 0.1) is 6.04 Å². The lowest BCUT2D eigenvalue weighted by Crippen LogP contribution is -2.58. The highest BCUT2D eigenvalue weighted by atomic mass is 16.6. The average Bonchev–Trinajstić information content (AvgIpc) is 3.16. The molecule has 3 heterocycles. The quantitative estimate of drug-likeness (QED) is 0.829. The molecule has 3 atom stereocenters. The van der Waals surface area contributed by atoms with Crippen LogP contribution in [0.25, 0.3) is 0 Å². The van der Waals surface area contributed by atoms with Crippen LogP contribution in [0.15, 0.2) is 35.4 Å². The van der Waals surface area contributed by atoms with Gasteiger partial charge in [-0.25, -0.2) is 10.3 Å². The molecule has 0 spiro atoms. The summed E-state index contributed by atoms with van der Waals surface area (Å²) < 4.78 is 5.67. The summed E-state index contributed by atoms with van der Waals surface area (Å²) in [5, 5.41) is 6.22. The van der Waals surface area contributed by atoms with Crippen LogP contribution in [0.3, 0.4) is 0 Å². The van der Waals surface area contributed by atoms with E-state index in [4.69, 9.17) is 4.74 Å². The van der Waals surface area contributed by atoms with Crippen LogP contribution in [0.4, 0.5) is 4.79 Å². The first-order valence-corrected chi connectivity index (χ1v) is 9.96. The Kier molecular flexibility index (Phi) is 4.93. The highest BCUT2D eigenvalue weighted by Gasteiger charge is 2.46. The molecule has 2 saturated heterocycles. The number of carbonyl (C=O) groups is 1. The number of amidine groups is 1. The van der Waals surface area contributed by atoms with Crippen LogP contribution in [-0.2, 0) is 4.74 Å². The largest absolute Gasteiger partial charge is 0.444 e. The number of rotatable bonds is 3. The predicted octanol–water partition coefficient (Wildman–Crippen LogP) is 2.08. The van der Waals surface area contributed by atoms with Gasteiger partial charge in [0, 0.05) is 32.2 Å². The van der Waals surface area contributed by atoms with Crippen molar-refractivity contribution >= 4 is 11.9 Å². The van der Waals surface area contributed by atoms with E-state index in [1.54, 1.807) is 5.12 Å². The minimum atomic E-state index is -0.473. The summed E-state index contributed by atoms with van der Waals surface area (Å²) in [5.74, 6) is 0.874. The van der Waals surface area contributed by atoms with Crippen LogP contribution in [0.1, 0.15) is 45.2 Å². The maximum absolute atomic E-state index is 12.8. The Morgan fingerprint density at radius 2 is 1.82 bits per heavy atom. The molecule has 0 saturated carbocycles. The molecule has 152 valence electrons. The van der Waals surface area contributed by atoms with Gasteiger partial charge in [-0.3, -0.25) is 15.2 Å². The standard InChI is InChI=1S/C20H30N6O2/c1-20(2,3)28-19(27)26-15-10-11-16(26)13-25(12-15)17(14-8-6-5-7-9-14)18-21-23-24(4)22-18/h5-9,15-17,23H,10-13H2,1-4H3,(H,21,22). The van der Waals surface area contributed by atoms with Crippen LogP contribution in [0.5, 0.6) is 0 Å². The van der Waals surface area contributed by atoms with Crippen molar-refractivity contribution in [3.05, 3.63) is 35.9 Å². The zero-order chi connectivity index (χ0) is 19.9. The fourth-order valence-corrected chi connectivity index (χ4v) is 4.41. The lowest BCUT2D eigenvalue weighted by Gasteiger charge is -2.44. The first-order valence-electron chi connectivity index (χ1n) is 9.96. The van der Waals surface area contributed by atoms with Crippen molar-refractivity contribution in [1.82, 2.24) is 25.9 Å². The second kappa shape index (κ2) is 7.25. The second-order valence-electron chi connectivity index (χ2n) is 8.81. The average molecular weight is 387 g/mol. The molecule has 8 nitrogen and oxygen atoms in total. The molecule has 1 amide bonds. The first-order chi connectivity index (χ1) is 13.3. The number of benzene rings is 1. The van der Waals surface area contributed by atoms with Crippen LogP contribution in [0.2, 0.25) is 0 Å². The number of hydrazone groups is 1. The molecule has 0 aromatic heterocycles. The molecular formula is C20H30N6O2. The number of nitrogens with one attached hydrogen (secondary N) is 2. The summed E-state index contributed by atoms with van der Waals surface area (Å²) in [5.41, 5.74) is 6.96. The Balaban J connectivity index is 1.55. The number of carbonyl (C=O) groups excluding carboxylic acids is 1. The third-order valence-corrected chi connectivity index (χ3v) is 5.46. The van der Waals surface area contributed by atoms with Gasteiger partial charge in [0.15, 0.2) is 5.84 Å². The Hall–Kier alpha value is -2.32. The van der Waals surface area contributed by atoms with Crippen molar-refractivity contribution in [2.75, 3.05) is 20.1 Å². The molecule has 2 bridgehead atoms. The molecular weight excluding hydrogens is 356 g/mol. The van der Waals surface area contributed by atoms with E-state index in [1.165, 1.54) is 5.56 Å². The first kappa shape index (κ1) is 19.0. The van der Waals surface area contributed by atoms with Gasteiger partial charge in [-0.2, -0.15) is 0 Å². The smallest absolute Gasteiger partial charge is 0.410 e. The summed E-state index contributed by atoms with van der Waals surface area (Å²) in [6, 6.07) is 10.8. The van der Waals surface area contributed by atoms with E-state index in [9.17, 15) is 4.79 Å². The van der Waals surface area contributed by atoms with Gasteiger partial charge in [0.2, 0.25) is 0 Å². The SMILES string of the molecule is CN1NN=C(C(c2ccccc2)N2CC3CCC(C2)N3C(=O)OC(C)(C)C)N1. The van der Waals surface area contributed by atoms with Crippen molar-refractivity contribution in [3.8, 4) is 0 Å². The summed E-state index contributed by atoms with van der Waals surface area (Å²) in [7, 11) is 1.89. The minimum absolute atomic E-state index is 0.0162. The van der Waals surface area contributed by atoms with E-state index in [0.29, 0.717) is 0 Å². The predicted molar refractivity (Wildman–Crippen MR) is 107 cm³/mol. The molecule has 28 heavy (non-hydrogen) atoms. The molecule has 3 aliphatic heterocycles. The van der Waals surface area contributed by atoms with Gasteiger partial charge in [-0.15, -0.1) is 10.2 Å². The lowest BCUT2D eigenvalue weighted by atomic mass is 10.0. The number of hydrogen-bond donors (Lipinski definition) is 2. The lowest BCUT2D eigenvalue weighted by molar-refractivity contribution is -0.00727.